The second-order valence-electron chi connectivity index (χ2n) is 5.96. The topological polar surface area (TPSA) is 40.6 Å². The van der Waals surface area contributed by atoms with Gasteiger partial charge in [0.05, 0.1) is 5.75 Å². The van der Waals surface area contributed by atoms with E-state index in [9.17, 15) is 9.59 Å². The highest BCUT2D eigenvalue weighted by Crippen LogP contribution is 2.41. The van der Waals surface area contributed by atoms with Gasteiger partial charge in [0.15, 0.2) is 0 Å². The van der Waals surface area contributed by atoms with Crippen molar-refractivity contribution in [3.63, 3.8) is 0 Å². The standard InChI is InChI=1S/C17H21ClN2O2S/c1-2-19(16(22)12-7-8-12)9-10-20-15(21)11-23-17(20)13-5-3-4-6-14(13)18/h3-6,12,17H,2,7-11H2,1H3. The van der Waals surface area contributed by atoms with Crippen LogP contribution < -0.4 is 0 Å². The highest BCUT2D eigenvalue weighted by molar-refractivity contribution is 8.00. The lowest BCUT2D eigenvalue weighted by Crippen LogP contribution is -2.40. The molecule has 1 saturated heterocycles. The van der Waals surface area contributed by atoms with Crippen molar-refractivity contribution in [2.45, 2.75) is 25.1 Å². The van der Waals surface area contributed by atoms with Crippen molar-refractivity contribution in [3.05, 3.63) is 34.9 Å². The first-order chi connectivity index (χ1) is 11.1. The van der Waals surface area contributed by atoms with Crippen molar-refractivity contribution in [1.82, 2.24) is 9.80 Å². The van der Waals surface area contributed by atoms with Crippen LogP contribution in [0.1, 0.15) is 30.7 Å². The minimum atomic E-state index is -0.0501. The molecule has 4 nitrogen and oxygen atoms in total. The minimum Gasteiger partial charge on any atom is -0.341 e. The number of halogens is 1. The Bertz CT molecular complexity index is 606. The maximum absolute atomic E-state index is 12.2. The Labute approximate surface area is 146 Å². The molecule has 2 amide bonds. The van der Waals surface area contributed by atoms with Gasteiger partial charge >= 0.3 is 0 Å². The van der Waals surface area contributed by atoms with E-state index in [-0.39, 0.29) is 23.1 Å². The molecular weight excluding hydrogens is 332 g/mol. The van der Waals surface area contributed by atoms with E-state index < -0.39 is 0 Å². The third kappa shape index (κ3) is 3.66. The van der Waals surface area contributed by atoms with Crippen LogP contribution in [-0.4, -0.2) is 47.0 Å². The monoisotopic (exact) mass is 352 g/mol. The maximum atomic E-state index is 12.2. The lowest BCUT2D eigenvalue weighted by atomic mass is 10.2. The molecule has 0 radical (unpaired) electrons. The second-order valence-corrected chi connectivity index (χ2v) is 7.44. The number of rotatable bonds is 6. The van der Waals surface area contributed by atoms with Crippen LogP contribution >= 0.6 is 23.4 Å². The van der Waals surface area contributed by atoms with Crippen LogP contribution in [0.4, 0.5) is 0 Å². The minimum absolute atomic E-state index is 0.0501. The second kappa shape index (κ2) is 7.14. The van der Waals surface area contributed by atoms with Crippen LogP contribution in [0.2, 0.25) is 5.02 Å². The summed E-state index contributed by atoms with van der Waals surface area (Å²) in [6.07, 6.45) is 2.02. The molecule has 1 aromatic rings. The molecule has 1 unspecified atom stereocenters. The van der Waals surface area contributed by atoms with Gasteiger partial charge in [-0.15, -0.1) is 11.8 Å². The number of benzene rings is 1. The van der Waals surface area contributed by atoms with E-state index in [0.29, 0.717) is 30.4 Å². The average molecular weight is 353 g/mol. The Morgan fingerprint density at radius 1 is 1.39 bits per heavy atom. The average Bonchev–Trinajstić information content (AvgIpc) is 3.33. The van der Waals surface area contributed by atoms with Crippen LogP contribution in [0, 0.1) is 5.92 Å². The Balaban J connectivity index is 1.68. The van der Waals surface area contributed by atoms with E-state index in [1.807, 2.05) is 41.0 Å². The SMILES string of the molecule is CCN(CCN1C(=O)CSC1c1ccccc1Cl)C(=O)C1CC1. The highest BCUT2D eigenvalue weighted by Gasteiger charge is 2.36. The normalized spacial score (nSPS) is 20.9. The molecule has 2 fully saturated rings. The Kier molecular flexibility index (Phi) is 5.17. The quantitative estimate of drug-likeness (QED) is 0.789. The summed E-state index contributed by atoms with van der Waals surface area (Å²) in [6, 6.07) is 7.66. The first-order valence-corrected chi connectivity index (χ1v) is 9.48. The Morgan fingerprint density at radius 3 is 2.78 bits per heavy atom. The number of hydrogen-bond donors (Lipinski definition) is 0. The van der Waals surface area contributed by atoms with Crippen molar-refractivity contribution >= 4 is 35.2 Å². The molecule has 1 heterocycles. The number of likely N-dealkylation sites (N-methyl/N-ethyl adjacent to an activating group) is 1. The van der Waals surface area contributed by atoms with E-state index in [1.54, 1.807) is 11.8 Å². The van der Waals surface area contributed by atoms with Crippen molar-refractivity contribution in [2.75, 3.05) is 25.4 Å². The summed E-state index contributed by atoms with van der Waals surface area (Å²) in [4.78, 5) is 28.2. The van der Waals surface area contributed by atoms with Crippen LogP contribution in [0.5, 0.6) is 0 Å². The van der Waals surface area contributed by atoms with Gasteiger partial charge in [-0.25, -0.2) is 0 Å². The lowest BCUT2D eigenvalue weighted by Gasteiger charge is -2.28. The Hall–Kier alpha value is -1.20. The first kappa shape index (κ1) is 16.7. The molecule has 2 aliphatic rings. The third-order valence-corrected chi connectivity index (χ3v) is 5.95. The van der Waals surface area contributed by atoms with Gasteiger partial charge in [-0.05, 0) is 25.8 Å². The largest absolute Gasteiger partial charge is 0.341 e. The van der Waals surface area contributed by atoms with E-state index in [0.717, 1.165) is 18.4 Å². The van der Waals surface area contributed by atoms with Gasteiger partial charge in [-0.1, -0.05) is 29.8 Å². The summed E-state index contributed by atoms with van der Waals surface area (Å²) in [5.41, 5.74) is 0.974. The predicted molar refractivity (Wildman–Crippen MR) is 93.3 cm³/mol. The van der Waals surface area contributed by atoms with Gasteiger partial charge in [-0.2, -0.15) is 0 Å². The molecule has 0 N–H and O–H groups in total. The van der Waals surface area contributed by atoms with Gasteiger partial charge in [-0.3, -0.25) is 9.59 Å². The van der Waals surface area contributed by atoms with Crippen molar-refractivity contribution < 1.29 is 9.59 Å². The molecule has 6 heteroatoms. The maximum Gasteiger partial charge on any atom is 0.233 e. The number of thioether (sulfide) groups is 1. The van der Waals surface area contributed by atoms with Crippen LogP contribution in [0.3, 0.4) is 0 Å². The van der Waals surface area contributed by atoms with Gasteiger partial charge in [0.1, 0.15) is 5.37 Å². The molecule has 1 aliphatic carbocycles. The third-order valence-electron chi connectivity index (χ3n) is 4.37. The van der Waals surface area contributed by atoms with Gasteiger partial charge in [0.25, 0.3) is 0 Å². The van der Waals surface area contributed by atoms with Gasteiger partial charge in [0, 0.05) is 36.1 Å². The molecule has 0 spiro atoms. The number of carbonyl (C=O) groups excluding carboxylic acids is 2. The molecule has 23 heavy (non-hydrogen) atoms. The fourth-order valence-electron chi connectivity index (χ4n) is 2.87. The lowest BCUT2D eigenvalue weighted by molar-refractivity contribution is -0.134. The Morgan fingerprint density at radius 2 is 2.13 bits per heavy atom. The van der Waals surface area contributed by atoms with Crippen LogP contribution in [-0.2, 0) is 9.59 Å². The molecule has 0 bridgehead atoms. The van der Waals surface area contributed by atoms with Gasteiger partial charge < -0.3 is 9.80 Å². The highest BCUT2D eigenvalue weighted by atomic mass is 35.5. The van der Waals surface area contributed by atoms with Gasteiger partial charge in [0.2, 0.25) is 11.8 Å². The summed E-state index contributed by atoms with van der Waals surface area (Å²) in [5.74, 6) is 1.05. The van der Waals surface area contributed by atoms with E-state index in [4.69, 9.17) is 11.6 Å². The fourth-order valence-corrected chi connectivity index (χ4v) is 4.43. The summed E-state index contributed by atoms with van der Waals surface area (Å²) in [5, 5.41) is 0.636. The molecule has 3 rings (SSSR count). The zero-order chi connectivity index (χ0) is 16.4. The molecular formula is C17H21ClN2O2S. The molecule has 0 aromatic heterocycles. The van der Waals surface area contributed by atoms with Crippen molar-refractivity contribution in [3.8, 4) is 0 Å². The number of nitrogens with zero attached hydrogens (tertiary/aromatic N) is 2. The van der Waals surface area contributed by atoms with Crippen LogP contribution in [0.15, 0.2) is 24.3 Å². The van der Waals surface area contributed by atoms with Crippen molar-refractivity contribution in [2.24, 2.45) is 5.92 Å². The van der Waals surface area contributed by atoms with E-state index >= 15 is 0 Å². The van der Waals surface area contributed by atoms with E-state index in [2.05, 4.69) is 0 Å². The first-order valence-electron chi connectivity index (χ1n) is 8.06. The van der Waals surface area contributed by atoms with E-state index in [1.165, 1.54) is 0 Å². The summed E-state index contributed by atoms with van der Waals surface area (Å²) in [6.45, 7) is 3.85. The smallest absolute Gasteiger partial charge is 0.233 e. The molecule has 124 valence electrons. The molecule has 1 aliphatic heterocycles. The van der Waals surface area contributed by atoms with Crippen LogP contribution in [0.25, 0.3) is 0 Å². The number of carbonyl (C=O) groups is 2. The summed E-state index contributed by atoms with van der Waals surface area (Å²) in [7, 11) is 0. The predicted octanol–water partition coefficient (Wildman–Crippen LogP) is 3.17. The molecule has 1 saturated carbocycles. The zero-order valence-corrected chi connectivity index (χ0v) is 14.8. The summed E-state index contributed by atoms with van der Waals surface area (Å²) < 4.78 is 0. The fraction of sp³-hybridized carbons (Fsp3) is 0.529. The summed E-state index contributed by atoms with van der Waals surface area (Å²) >= 11 is 7.89. The van der Waals surface area contributed by atoms with Crippen molar-refractivity contribution in [1.29, 1.82) is 0 Å². The molecule has 1 aromatic carbocycles. The zero-order valence-electron chi connectivity index (χ0n) is 13.2. The number of amides is 2. The number of hydrogen-bond acceptors (Lipinski definition) is 3. The molecule has 1 atom stereocenters.